The molecule has 0 radical (unpaired) electrons. The minimum Gasteiger partial charge on any atom is -0.496 e. The Morgan fingerprint density at radius 3 is 2.41 bits per heavy atom. The molecule has 1 aliphatic heterocycles. The molecule has 1 N–H and O–H groups in total. The van der Waals surface area contributed by atoms with Crippen molar-refractivity contribution in [2.45, 2.75) is 19.4 Å². The number of nitrogens with one attached hydrogen (secondary N) is 1. The fourth-order valence-corrected chi connectivity index (χ4v) is 3.35. The van der Waals surface area contributed by atoms with Gasteiger partial charge in [-0.15, -0.1) is 0 Å². The van der Waals surface area contributed by atoms with Crippen LogP contribution in [-0.4, -0.2) is 40.5 Å². The predicted molar refractivity (Wildman–Crippen MR) is 109 cm³/mol. The van der Waals surface area contributed by atoms with E-state index in [1.54, 1.807) is 45.6 Å². The highest BCUT2D eigenvalue weighted by molar-refractivity contribution is 6.32. The summed E-state index contributed by atoms with van der Waals surface area (Å²) in [4.78, 5) is 12.5. The summed E-state index contributed by atoms with van der Waals surface area (Å²) in [7, 11) is 4.67. The summed E-state index contributed by atoms with van der Waals surface area (Å²) in [5, 5.41) is 3.33. The summed E-state index contributed by atoms with van der Waals surface area (Å²) in [6.45, 7) is 1.39. The van der Waals surface area contributed by atoms with Crippen LogP contribution in [0, 0.1) is 0 Å². The third kappa shape index (κ3) is 4.98. The maximum absolute atomic E-state index is 12.5. The fraction of sp³-hybridized carbons (Fsp3) is 0.381. The monoisotopic (exact) mass is 421 g/mol. The van der Waals surface area contributed by atoms with Crippen LogP contribution in [0.4, 0.5) is 0 Å². The summed E-state index contributed by atoms with van der Waals surface area (Å²) < 4.78 is 27.3. The third-order valence-electron chi connectivity index (χ3n) is 4.49. The van der Waals surface area contributed by atoms with E-state index in [2.05, 4.69) is 5.32 Å². The number of halogens is 1. The zero-order valence-corrected chi connectivity index (χ0v) is 17.4. The molecule has 0 saturated carbocycles. The second kappa shape index (κ2) is 9.60. The molecule has 2 aromatic rings. The van der Waals surface area contributed by atoms with Crippen molar-refractivity contribution in [3.8, 4) is 28.7 Å². The Bertz CT molecular complexity index is 886. The molecule has 0 unspecified atom stereocenters. The van der Waals surface area contributed by atoms with Gasteiger partial charge in [0, 0.05) is 24.6 Å². The van der Waals surface area contributed by atoms with Gasteiger partial charge in [-0.1, -0.05) is 11.6 Å². The van der Waals surface area contributed by atoms with Crippen molar-refractivity contribution < 1.29 is 28.5 Å². The van der Waals surface area contributed by atoms with E-state index in [1.165, 1.54) is 0 Å². The lowest BCUT2D eigenvalue weighted by molar-refractivity contribution is -0.120. The van der Waals surface area contributed by atoms with Gasteiger partial charge in [0.05, 0.1) is 46.0 Å². The van der Waals surface area contributed by atoms with Crippen LogP contribution in [-0.2, 0) is 17.8 Å². The Balaban J connectivity index is 1.69. The maximum atomic E-state index is 12.5. The third-order valence-corrected chi connectivity index (χ3v) is 4.77. The van der Waals surface area contributed by atoms with Gasteiger partial charge >= 0.3 is 0 Å². The molecule has 29 heavy (non-hydrogen) atoms. The van der Waals surface area contributed by atoms with Gasteiger partial charge in [0.1, 0.15) is 5.75 Å². The SMILES string of the molecule is COc1cc(OC)c(OC)cc1CNC(=O)Cc1cc(Cl)c2c(c1)OCCCO2. The molecular weight excluding hydrogens is 398 g/mol. The Kier molecular flexibility index (Phi) is 6.93. The van der Waals surface area contributed by atoms with E-state index < -0.39 is 0 Å². The van der Waals surface area contributed by atoms with E-state index in [9.17, 15) is 4.79 Å². The highest BCUT2D eigenvalue weighted by Crippen LogP contribution is 2.38. The number of benzene rings is 2. The van der Waals surface area contributed by atoms with Crippen molar-refractivity contribution >= 4 is 17.5 Å². The second-order valence-corrected chi connectivity index (χ2v) is 6.84. The highest BCUT2D eigenvalue weighted by atomic mass is 35.5. The van der Waals surface area contributed by atoms with Crippen LogP contribution in [0.1, 0.15) is 17.5 Å². The van der Waals surface area contributed by atoms with E-state index in [1.807, 2.05) is 0 Å². The summed E-state index contributed by atoms with van der Waals surface area (Å²) in [5.74, 6) is 2.66. The second-order valence-electron chi connectivity index (χ2n) is 6.43. The highest BCUT2D eigenvalue weighted by Gasteiger charge is 2.17. The van der Waals surface area contributed by atoms with Crippen LogP contribution in [0.15, 0.2) is 24.3 Å². The van der Waals surface area contributed by atoms with Crippen molar-refractivity contribution in [2.24, 2.45) is 0 Å². The number of methoxy groups -OCH3 is 3. The molecule has 0 bridgehead atoms. The molecule has 7 nitrogen and oxygen atoms in total. The Morgan fingerprint density at radius 1 is 1.00 bits per heavy atom. The van der Waals surface area contributed by atoms with Gasteiger partial charge in [0.15, 0.2) is 23.0 Å². The van der Waals surface area contributed by atoms with Crippen LogP contribution in [0.25, 0.3) is 0 Å². The Morgan fingerprint density at radius 2 is 1.69 bits per heavy atom. The average molecular weight is 422 g/mol. The first-order chi connectivity index (χ1) is 14.0. The van der Waals surface area contributed by atoms with Crippen LogP contribution < -0.4 is 29.0 Å². The lowest BCUT2D eigenvalue weighted by atomic mass is 10.1. The van der Waals surface area contributed by atoms with Gasteiger partial charge in [-0.05, 0) is 23.8 Å². The smallest absolute Gasteiger partial charge is 0.224 e. The molecule has 1 amide bonds. The lowest BCUT2D eigenvalue weighted by Crippen LogP contribution is -2.24. The molecule has 0 atom stereocenters. The molecule has 0 saturated heterocycles. The molecule has 156 valence electrons. The molecule has 8 heteroatoms. The number of ether oxygens (including phenoxy) is 5. The molecule has 0 aromatic heterocycles. The minimum absolute atomic E-state index is 0.159. The van der Waals surface area contributed by atoms with Gasteiger partial charge < -0.3 is 29.0 Å². The van der Waals surface area contributed by atoms with Crippen molar-refractivity contribution in [1.82, 2.24) is 5.32 Å². The zero-order valence-electron chi connectivity index (χ0n) is 16.7. The Labute approximate surface area is 174 Å². The van der Waals surface area contributed by atoms with E-state index >= 15 is 0 Å². The number of rotatable bonds is 7. The van der Waals surface area contributed by atoms with E-state index in [0.717, 1.165) is 17.5 Å². The number of amides is 1. The average Bonchev–Trinajstić information content (AvgIpc) is 2.97. The number of hydrogen-bond acceptors (Lipinski definition) is 6. The summed E-state index contributed by atoms with van der Waals surface area (Å²) >= 11 is 6.30. The lowest BCUT2D eigenvalue weighted by Gasteiger charge is -2.15. The summed E-state index contributed by atoms with van der Waals surface area (Å²) in [6.07, 6.45) is 0.944. The maximum Gasteiger partial charge on any atom is 0.224 e. The first kappa shape index (κ1) is 20.9. The van der Waals surface area contributed by atoms with E-state index in [4.69, 9.17) is 35.3 Å². The zero-order chi connectivity index (χ0) is 20.8. The largest absolute Gasteiger partial charge is 0.496 e. The number of fused-ring (bicyclic) bond motifs is 1. The van der Waals surface area contributed by atoms with Gasteiger partial charge in [-0.2, -0.15) is 0 Å². The van der Waals surface area contributed by atoms with E-state index in [-0.39, 0.29) is 18.9 Å². The summed E-state index contributed by atoms with van der Waals surface area (Å²) in [5.41, 5.74) is 1.52. The van der Waals surface area contributed by atoms with Gasteiger partial charge in [0.2, 0.25) is 5.91 Å². The molecule has 0 spiro atoms. The van der Waals surface area contributed by atoms with Crippen molar-refractivity contribution in [3.63, 3.8) is 0 Å². The molecule has 0 fully saturated rings. The molecule has 3 rings (SSSR count). The molecule has 2 aromatic carbocycles. The Hall–Kier alpha value is -2.80. The van der Waals surface area contributed by atoms with Gasteiger partial charge in [-0.3, -0.25) is 4.79 Å². The van der Waals surface area contributed by atoms with Gasteiger partial charge in [0.25, 0.3) is 0 Å². The first-order valence-electron chi connectivity index (χ1n) is 9.19. The fourth-order valence-electron chi connectivity index (χ4n) is 3.06. The van der Waals surface area contributed by atoms with E-state index in [0.29, 0.717) is 47.0 Å². The number of hydrogen-bond donors (Lipinski definition) is 1. The van der Waals surface area contributed by atoms with Crippen LogP contribution in [0.5, 0.6) is 28.7 Å². The number of carbonyl (C=O) groups is 1. The quantitative estimate of drug-likeness (QED) is 0.738. The first-order valence-corrected chi connectivity index (χ1v) is 9.57. The van der Waals surface area contributed by atoms with Crippen LogP contribution in [0.3, 0.4) is 0 Å². The predicted octanol–water partition coefficient (Wildman–Crippen LogP) is 3.39. The van der Waals surface area contributed by atoms with Crippen molar-refractivity contribution in [3.05, 3.63) is 40.4 Å². The minimum atomic E-state index is -0.160. The summed E-state index contributed by atoms with van der Waals surface area (Å²) in [6, 6.07) is 7.03. The molecule has 0 aliphatic carbocycles. The molecule has 1 aliphatic rings. The van der Waals surface area contributed by atoms with Gasteiger partial charge in [-0.25, -0.2) is 0 Å². The standard InChI is InChI=1S/C21H24ClNO6/c1-25-16-11-18(27-3)17(26-2)10-14(16)12-23-20(24)9-13-7-15(22)21-19(8-13)28-5-4-6-29-21/h7-8,10-11H,4-6,9,12H2,1-3H3,(H,23,24). The normalized spacial score (nSPS) is 12.7. The van der Waals surface area contributed by atoms with Crippen molar-refractivity contribution in [2.75, 3.05) is 34.5 Å². The van der Waals surface area contributed by atoms with Crippen LogP contribution in [0.2, 0.25) is 5.02 Å². The number of carbonyl (C=O) groups excluding carboxylic acids is 1. The van der Waals surface area contributed by atoms with Crippen LogP contribution >= 0.6 is 11.6 Å². The molecule has 1 heterocycles. The van der Waals surface area contributed by atoms with Crippen molar-refractivity contribution in [1.29, 1.82) is 0 Å². The topological polar surface area (TPSA) is 75.2 Å². The molecular formula is C21H24ClNO6.